The topological polar surface area (TPSA) is 32.3 Å². The number of nitrogens with zero attached hydrogens (tertiary/aromatic N) is 1. The van der Waals surface area contributed by atoms with Crippen LogP contribution in [0.1, 0.15) is 46.7 Å². The van der Waals surface area contributed by atoms with Gasteiger partial charge in [-0.1, -0.05) is 12.1 Å². The van der Waals surface area contributed by atoms with Crippen molar-refractivity contribution in [1.82, 2.24) is 10.2 Å². The molecule has 2 heterocycles. The van der Waals surface area contributed by atoms with E-state index >= 15 is 0 Å². The molecule has 0 aliphatic carbocycles. The van der Waals surface area contributed by atoms with Gasteiger partial charge in [0.2, 0.25) is 0 Å². The Morgan fingerprint density at radius 1 is 1.32 bits per heavy atom. The number of nitrogens with one attached hydrogen (secondary N) is 1. The molecule has 1 amide bonds. The summed E-state index contributed by atoms with van der Waals surface area (Å²) in [5, 5.41) is 3.33. The van der Waals surface area contributed by atoms with Crippen LogP contribution in [0.15, 0.2) is 18.2 Å². The van der Waals surface area contributed by atoms with Gasteiger partial charge in [0.05, 0.1) is 6.54 Å². The van der Waals surface area contributed by atoms with Crippen molar-refractivity contribution >= 4 is 5.91 Å². The van der Waals surface area contributed by atoms with Gasteiger partial charge in [0, 0.05) is 18.5 Å². The fraction of sp³-hybridized carbons (Fsp3) is 0.588. The largest absolute Gasteiger partial charge is 0.332 e. The molecule has 22 heavy (non-hydrogen) atoms. The lowest BCUT2D eigenvalue weighted by Crippen LogP contribution is -2.32. The average molecular weight is 308 g/mol. The summed E-state index contributed by atoms with van der Waals surface area (Å²) < 4.78 is 26.7. The summed E-state index contributed by atoms with van der Waals surface area (Å²) in [7, 11) is 0. The van der Waals surface area contributed by atoms with Gasteiger partial charge in [-0.2, -0.15) is 0 Å². The van der Waals surface area contributed by atoms with Crippen molar-refractivity contribution in [3.05, 3.63) is 34.9 Å². The van der Waals surface area contributed by atoms with E-state index in [-0.39, 0.29) is 18.9 Å². The van der Waals surface area contributed by atoms with Crippen molar-refractivity contribution in [2.45, 2.75) is 38.0 Å². The number of benzene rings is 1. The number of hydrogen-bond acceptors (Lipinski definition) is 2. The zero-order valence-electron chi connectivity index (χ0n) is 12.9. The number of rotatable bonds is 2. The van der Waals surface area contributed by atoms with Crippen LogP contribution in [-0.4, -0.2) is 42.9 Å². The smallest absolute Gasteiger partial charge is 0.267 e. The van der Waals surface area contributed by atoms with E-state index in [1.165, 1.54) is 4.90 Å². The highest BCUT2D eigenvalue weighted by Gasteiger charge is 2.40. The minimum atomic E-state index is -2.74. The molecule has 2 saturated heterocycles. The van der Waals surface area contributed by atoms with Crippen molar-refractivity contribution in [3.63, 3.8) is 0 Å². The SMILES string of the molecule is Cc1ccc(C2CCNCC2)cc1C(=O)N1CCC(F)(F)C1. The summed E-state index contributed by atoms with van der Waals surface area (Å²) in [6, 6.07) is 5.93. The van der Waals surface area contributed by atoms with Gasteiger partial charge in [0.25, 0.3) is 11.8 Å². The number of alkyl halides is 2. The molecule has 0 atom stereocenters. The molecule has 0 radical (unpaired) electrons. The fourth-order valence-electron chi connectivity index (χ4n) is 3.36. The van der Waals surface area contributed by atoms with Gasteiger partial charge < -0.3 is 10.2 Å². The Labute approximate surface area is 129 Å². The quantitative estimate of drug-likeness (QED) is 0.911. The summed E-state index contributed by atoms with van der Waals surface area (Å²) in [6.07, 6.45) is 1.88. The molecule has 0 aromatic heterocycles. The second-order valence-electron chi connectivity index (χ2n) is 6.43. The number of carbonyl (C=O) groups is 1. The lowest BCUT2D eigenvalue weighted by Gasteiger charge is -2.24. The van der Waals surface area contributed by atoms with E-state index in [1.807, 2.05) is 19.1 Å². The third kappa shape index (κ3) is 3.14. The molecule has 2 aliphatic heterocycles. The first kappa shape index (κ1) is 15.4. The van der Waals surface area contributed by atoms with Gasteiger partial charge in [-0.3, -0.25) is 4.79 Å². The average Bonchev–Trinajstić information content (AvgIpc) is 2.88. The molecule has 2 fully saturated rings. The number of hydrogen-bond donors (Lipinski definition) is 1. The van der Waals surface area contributed by atoms with Gasteiger partial charge >= 0.3 is 0 Å². The molecule has 0 bridgehead atoms. The molecule has 0 unspecified atom stereocenters. The molecular formula is C17H22F2N2O. The Bertz CT molecular complexity index is 568. The second-order valence-corrected chi connectivity index (χ2v) is 6.43. The van der Waals surface area contributed by atoms with Gasteiger partial charge in [-0.15, -0.1) is 0 Å². The Hall–Kier alpha value is -1.49. The fourth-order valence-corrected chi connectivity index (χ4v) is 3.36. The van der Waals surface area contributed by atoms with Crippen molar-refractivity contribution in [2.24, 2.45) is 0 Å². The van der Waals surface area contributed by atoms with Crippen LogP contribution in [0.25, 0.3) is 0 Å². The predicted octanol–water partition coefficient (Wildman–Crippen LogP) is 2.94. The van der Waals surface area contributed by atoms with Crippen molar-refractivity contribution in [1.29, 1.82) is 0 Å². The van der Waals surface area contributed by atoms with Crippen LogP contribution in [0.2, 0.25) is 0 Å². The Morgan fingerprint density at radius 2 is 2.05 bits per heavy atom. The number of amides is 1. The first-order chi connectivity index (χ1) is 10.5. The molecule has 0 saturated carbocycles. The number of likely N-dealkylation sites (tertiary alicyclic amines) is 1. The van der Waals surface area contributed by atoms with Crippen LogP contribution >= 0.6 is 0 Å². The van der Waals surface area contributed by atoms with Crippen molar-refractivity contribution in [3.8, 4) is 0 Å². The highest BCUT2D eigenvalue weighted by atomic mass is 19.3. The summed E-state index contributed by atoms with van der Waals surface area (Å²) in [4.78, 5) is 13.9. The second kappa shape index (κ2) is 5.95. The van der Waals surface area contributed by atoms with Crippen LogP contribution in [0.4, 0.5) is 8.78 Å². The van der Waals surface area contributed by atoms with E-state index in [9.17, 15) is 13.6 Å². The number of aryl methyl sites for hydroxylation is 1. The van der Waals surface area contributed by atoms with E-state index in [4.69, 9.17) is 0 Å². The molecule has 2 aliphatic rings. The first-order valence-electron chi connectivity index (χ1n) is 7.95. The zero-order valence-corrected chi connectivity index (χ0v) is 12.9. The lowest BCUT2D eigenvalue weighted by atomic mass is 9.88. The zero-order chi connectivity index (χ0) is 15.7. The number of carbonyl (C=O) groups excluding carboxylic acids is 1. The molecule has 5 heteroatoms. The third-order valence-electron chi connectivity index (χ3n) is 4.76. The van der Waals surface area contributed by atoms with Crippen LogP contribution in [0.3, 0.4) is 0 Å². The number of piperidine rings is 1. The van der Waals surface area contributed by atoms with Gasteiger partial charge in [0.1, 0.15) is 0 Å². The minimum Gasteiger partial charge on any atom is -0.332 e. The van der Waals surface area contributed by atoms with Crippen molar-refractivity contribution < 1.29 is 13.6 Å². The maximum Gasteiger partial charge on any atom is 0.267 e. The summed E-state index contributed by atoms with van der Waals surface area (Å²) in [5.74, 6) is -2.55. The maximum atomic E-state index is 13.3. The van der Waals surface area contributed by atoms with Gasteiger partial charge in [-0.05, 0) is 56.0 Å². The molecule has 1 aromatic rings. The van der Waals surface area contributed by atoms with Crippen LogP contribution < -0.4 is 5.32 Å². The lowest BCUT2D eigenvalue weighted by molar-refractivity contribution is 0.0120. The normalized spacial score (nSPS) is 22.0. The molecule has 120 valence electrons. The molecule has 0 spiro atoms. The van der Waals surface area contributed by atoms with E-state index in [0.717, 1.165) is 37.1 Å². The highest BCUT2D eigenvalue weighted by Crippen LogP contribution is 2.30. The van der Waals surface area contributed by atoms with Gasteiger partial charge in [0.15, 0.2) is 0 Å². The van der Waals surface area contributed by atoms with E-state index in [0.29, 0.717) is 11.5 Å². The predicted molar refractivity (Wildman–Crippen MR) is 81.5 cm³/mol. The maximum absolute atomic E-state index is 13.3. The Kier molecular flexibility index (Phi) is 4.17. The number of halogens is 2. The van der Waals surface area contributed by atoms with E-state index in [2.05, 4.69) is 11.4 Å². The summed E-state index contributed by atoms with van der Waals surface area (Å²) in [6.45, 7) is 3.53. The molecule has 1 aromatic carbocycles. The monoisotopic (exact) mass is 308 g/mol. The van der Waals surface area contributed by atoms with Crippen LogP contribution in [0, 0.1) is 6.92 Å². The summed E-state index contributed by atoms with van der Waals surface area (Å²) >= 11 is 0. The summed E-state index contributed by atoms with van der Waals surface area (Å²) in [5.41, 5.74) is 2.59. The first-order valence-corrected chi connectivity index (χ1v) is 7.95. The molecule has 1 N–H and O–H groups in total. The molecule has 3 nitrogen and oxygen atoms in total. The molecule has 3 rings (SSSR count). The standard InChI is InChI=1S/C17H22F2N2O/c1-12-2-3-14(13-4-7-20-8-5-13)10-15(12)16(22)21-9-6-17(18,19)11-21/h2-3,10,13,20H,4-9,11H2,1H3. The molecular weight excluding hydrogens is 286 g/mol. The van der Waals surface area contributed by atoms with Crippen molar-refractivity contribution in [2.75, 3.05) is 26.2 Å². The Balaban J connectivity index is 1.82. The van der Waals surface area contributed by atoms with E-state index < -0.39 is 12.5 Å². The third-order valence-corrected chi connectivity index (χ3v) is 4.76. The highest BCUT2D eigenvalue weighted by molar-refractivity contribution is 5.96. The van der Waals surface area contributed by atoms with Crippen LogP contribution in [-0.2, 0) is 0 Å². The van der Waals surface area contributed by atoms with Crippen LogP contribution in [0.5, 0.6) is 0 Å². The van der Waals surface area contributed by atoms with E-state index in [1.54, 1.807) is 0 Å². The van der Waals surface area contributed by atoms with Gasteiger partial charge in [-0.25, -0.2) is 8.78 Å². The Morgan fingerprint density at radius 3 is 2.68 bits per heavy atom. The minimum absolute atomic E-state index is 0.142.